The first-order valence-electron chi connectivity index (χ1n) is 4.57. The van der Waals surface area contributed by atoms with Crippen molar-refractivity contribution in [1.82, 2.24) is 4.90 Å². The van der Waals surface area contributed by atoms with E-state index in [-0.39, 0.29) is 23.7 Å². The Labute approximate surface area is 88.4 Å². The van der Waals surface area contributed by atoms with Crippen LogP contribution in [0.5, 0.6) is 0 Å². The Kier molecular flexibility index (Phi) is 3.21. The highest BCUT2D eigenvalue weighted by Crippen LogP contribution is 2.19. The Morgan fingerprint density at radius 3 is 2.64 bits per heavy atom. The van der Waals surface area contributed by atoms with Crippen LogP contribution in [0.2, 0.25) is 0 Å². The molecule has 0 aromatic heterocycles. The molecule has 4 nitrogen and oxygen atoms in total. The van der Waals surface area contributed by atoms with E-state index in [0.29, 0.717) is 18.0 Å². The van der Waals surface area contributed by atoms with Gasteiger partial charge < -0.3 is 5.73 Å². The van der Waals surface area contributed by atoms with Gasteiger partial charge in [-0.25, -0.2) is 0 Å². The Hall–Kier alpha value is -0.970. The van der Waals surface area contributed by atoms with Crippen LogP contribution in [0.25, 0.3) is 0 Å². The molecule has 0 radical (unpaired) electrons. The summed E-state index contributed by atoms with van der Waals surface area (Å²) in [6.45, 7) is 3.88. The van der Waals surface area contributed by atoms with Crippen LogP contribution in [0.4, 0.5) is 0 Å². The molecule has 2 atom stereocenters. The van der Waals surface area contributed by atoms with Crippen LogP contribution in [-0.4, -0.2) is 28.2 Å². The number of carbonyl (C=O) groups excluding carboxylic acids is 2. The Bertz CT molecular complexity index is 291. The molecule has 0 aliphatic carbocycles. The van der Waals surface area contributed by atoms with Crippen LogP contribution in [0.1, 0.15) is 20.3 Å². The van der Waals surface area contributed by atoms with Crippen LogP contribution in [-0.2, 0) is 9.59 Å². The molecule has 1 saturated heterocycles. The Morgan fingerprint density at radius 2 is 2.29 bits per heavy atom. The molecular formula is C9H14N2O2S. The van der Waals surface area contributed by atoms with Crippen molar-refractivity contribution in [3.63, 3.8) is 0 Å². The molecule has 1 heterocycles. The molecule has 0 aromatic rings. The average molecular weight is 214 g/mol. The summed E-state index contributed by atoms with van der Waals surface area (Å²) in [5.41, 5.74) is 5.42. The van der Waals surface area contributed by atoms with Gasteiger partial charge in [-0.15, -0.1) is 0 Å². The second-order valence-electron chi connectivity index (χ2n) is 3.75. The number of likely N-dealkylation sites (tertiary alicyclic amines) is 1. The third kappa shape index (κ3) is 2.09. The van der Waals surface area contributed by atoms with E-state index < -0.39 is 0 Å². The molecule has 1 fully saturated rings. The predicted molar refractivity (Wildman–Crippen MR) is 56.5 cm³/mol. The van der Waals surface area contributed by atoms with Gasteiger partial charge in [0.2, 0.25) is 11.8 Å². The largest absolute Gasteiger partial charge is 0.393 e. The van der Waals surface area contributed by atoms with Gasteiger partial charge >= 0.3 is 0 Å². The van der Waals surface area contributed by atoms with Crippen LogP contribution in [0.15, 0.2) is 0 Å². The molecule has 2 N–H and O–H groups in total. The van der Waals surface area contributed by atoms with Crippen LogP contribution >= 0.6 is 12.2 Å². The maximum absolute atomic E-state index is 11.5. The fraction of sp³-hybridized carbons (Fsp3) is 0.667. The molecule has 5 heteroatoms. The Balaban J connectivity index is 2.65. The summed E-state index contributed by atoms with van der Waals surface area (Å²) in [7, 11) is 0. The van der Waals surface area contributed by atoms with E-state index in [1.807, 2.05) is 6.92 Å². The third-order valence-electron chi connectivity index (χ3n) is 2.41. The molecule has 14 heavy (non-hydrogen) atoms. The highest BCUT2D eigenvalue weighted by Gasteiger charge is 2.36. The minimum atomic E-state index is -0.193. The molecule has 0 saturated carbocycles. The summed E-state index contributed by atoms with van der Waals surface area (Å²) in [5.74, 6) is -0.534. The monoisotopic (exact) mass is 214 g/mol. The average Bonchev–Trinajstić information content (AvgIpc) is 2.32. The van der Waals surface area contributed by atoms with Gasteiger partial charge in [0, 0.05) is 24.8 Å². The molecule has 1 aliphatic heterocycles. The topological polar surface area (TPSA) is 63.4 Å². The molecule has 78 valence electrons. The first-order valence-corrected chi connectivity index (χ1v) is 4.97. The first kappa shape index (κ1) is 11.1. The summed E-state index contributed by atoms with van der Waals surface area (Å²) in [6.07, 6.45) is 0.308. The number of hydrogen-bond acceptors (Lipinski definition) is 3. The fourth-order valence-corrected chi connectivity index (χ4v) is 1.48. The number of rotatable bonds is 3. The second kappa shape index (κ2) is 4.04. The lowest BCUT2D eigenvalue weighted by molar-refractivity contribution is -0.139. The molecule has 0 spiro atoms. The van der Waals surface area contributed by atoms with E-state index in [2.05, 4.69) is 0 Å². The van der Waals surface area contributed by atoms with E-state index >= 15 is 0 Å². The van der Waals surface area contributed by atoms with Gasteiger partial charge in [0.05, 0.1) is 4.99 Å². The number of nitrogens with zero attached hydrogens (tertiary/aromatic N) is 1. The third-order valence-corrected chi connectivity index (χ3v) is 2.81. The number of amides is 2. The van der Waals surface area contributed by atoms with E-state index in [1.54, 1.807) is 6.92 Å². The first-order chi connectivity index (χ1) is 6.43. The molecular weight excluding hydrogens is 200 g/mol. The van der Waals surface area contributed by atoms with Gasteiger partial charge in [-0.2, -0.15) is 0 Å². The molecule has 1 rings (SSSR count). The smallest absolute Gasteiger partial charge is 0.232 e. The van der Waals surface area contributed by atoms with E-state index in [4.69, 9.17) is 18.0 Å². The molecule has 0 bridgehead atoms. The van der Waals surface area contributed by atoms with Crippen molar-refractivity contribution in [1.29, 1.82) is 0 Å². The zero-order chi connectivity index (χ0) is 10.9. The predicted octanol–water partition coefficient (Wildman–Crippen LogP) is 0.304. The number of imide groups is 1. The molecule has 0 aromatic carbocycles. The lowest BCUT2D eigenvalue weighted by Crippen LogP contribution is -2.37. The number of nitrogens with two attached hydrogens (primary N) is 1. The van der Waals surface area contributed by atoms with Crippen LogP contribution in [0, 0.1) is 11.8 Å². The van der Waals surface area contributed by atoms with Crippen LogP contribution in [0.3, 0.4) is 0 Å². The summed E-state index contributed by atoms with van der Waals surface area (Å²) in [5, 5.41) is 0. The fourth-order valence-electron chi connectivity index (χ4n) is 1.40. The lowest BCUT2D eigenvalue weighted by atomic mass is 10.1. The van der Waals surface area contributed by atoms with Crippen molar-refractivity contribution in [2.45, 2.75) is 20.3 Å². The standard InChI is InChI=1S/C9H14N2O2S/c1-5-3-7(12)11(9(5)13)4-6(2)8(10)14/h5-6H,3-4H2,1-2H3,(H2,10,14). The van der Waals surface area contributed by atoms with Gasteiger partial charge in [0.15, 0.2) is 0 Å². The van der Waals surface area contributed by atoms with E-state index in [0.717, 1.165) is 0 Å². The SMILES string of the molecule is CC1CC(=O)N(CC(C)C(N)=S)C1=O. The van der Waals surface area contributed by atoms with E-state index in [1.165, 1.54) is 4.90 Å². The van der Waals surface area contributed by atoms with Gasteiger partial charge in [-0.05, 0) is 0 Å². The number of carbonyl (C=O) groups is 2. The minimum Gasteiger partial charge on any atom is -0.393 e. The summed E-state index contributed by atoms with van der Waals surface area (Å²) >= 11 is 4.79. The van der Waals surface area contributed by atoms with Gasteiger partial charge in [0.1, 0.15) is 0 Å². The molecule has 1 aliphatic rings. The minimum absolute atomic E-state index is 0.108. The van der Waals surface area contributed by atoms with Crippen molar-refractivity contribution < 1.29 is 9.59 Å². The summed E-state index contributed by atoms with van der Waals surface area (Å²) in [6, 6.07) is 0. The van der Waals surface area contributed by atoms with Crippen molar-refractivity contribution >= 4 is 29.0 Å². The highest BCUT2D eigenvalue weighted by atomic mass is 32.1. The second-order valence-corrected chi connectivity index (χ2v) is 4.22. The van der Waals surface area contributed by atoms with Gasteiger partial charge in [-0.1, -0.05) is 26.1 Å². The maximum Gasteiger partial charge on any atom is 0.232 e. The normalized spacial score (nSPS) is 24.1. The van der Waals surface area contributed by atoms with Gasteiger partial charge in [0.25, 0.3) is 0 Å². The lowest BCUT2D eigenvalue weighted by Gasteiger charge is -2.18. The summed E-state index contributed by atoms with van der Waals surface area (Å²) < 4.78 is 0. The van der Waals surface area contributed by atoms with Crippen molar-refractivity contribution in [3.8, 4) is 0 Å². The van der Waals surface area contributed by atoms with E-state index in [9.17, 15) is 9.59 Å². The molecule has 2 unspecified atom stereocenters. The number of hydrogen-bond donors (Lipinski definition) is 1. The quantitative estimate of drug-likeness (QED) is 0.542. The number of thiocarbonyl (C=S) groups is 1. The van der Waals surface area contributed by atoms with Crippen LogP contribution < -0.4 is 5.73 Å². The highest BCUT2D eigenvalue weighted by molar-refractivity contribution is 7.80. The summed E-state index contributed by atoms with van der Waals surface area (Å²) in [4.78, 5) is 24.5. The van der Waals surface area contributed by atoms with Crippen molar-refractivity contribution in [3.05, 3.63) is 0 Å². The van der Waals surface area contributed by atoms with Gasteiger partial charge in [-0.3, -0.25) is 14.5 Å². The van der Waals surface area contributed by atoms with Crippen molar-refractivity contribution in [2.24, 2.45) is 17.6 Å². The molecule has 2 amide bonds. The Morgan fingerprint density at radius 1 is 1.71 bits per heavy atom. The maximum atomic E-state index is 11.5. The zero-order valence-corrected chi connectivity index (χ0v) is 9.13. The van der Waals surface area contributed by atoms with Crippen molar-refractivity contribution in [2.75, 3.05) is 6.54 Å². The zero-order valence-electron chi connectivity index (χ0n) is 8.32.